The molecule has 3 saturated carbocycles. The number of hydrogen-bond acceptors (Lipinski definition) is 3. The topological polar surface area (TPSA) is 46.1 Å². The number of aromatic nitrogens is 2. The van der Waals surface area contributed by atoms with E-state index < -0.39 is 0 Å². The van der Waals surface area contributed by atoms with Gasteiger partial charge in [0.05, 0.1) is 0 Å². The summed E-state index contributed by atoms with van der Waals surface area (Å²) in [5.41, 5.74) is 0.628. The quantitative estimate of drug-likeness (QED) is 0.820. The average molecular weight is 327 g/mol. The summed E-state index contributed by atoms with van der Waals surface area (Å²) in [6.07, 6.45) is 16.5. The first-order chi connectivity index (χ1) is 11.8. The van der Waals surface area contributed by atoms with E-state index in [9.17, 15) is 4.79 Å². The van der Waals surface area contributed by atoms with E-state index in [0.717, 1.165) is 5.82 Å². The van der Waals surface area contributed by atoms with E-state index in [2.05, 4.69) is 14.9 Å². The Bertz CT molecular complexity index is 554. The van der Waals surface area contributed by atoms with Gasteiger partial charge in [0.25, 0.3) is 5.91 Å². The Balaban J connectivity index is 1.58. The third-order valence-electron chi connectivity index (χ3n) is 6.01. The number of carbonyl (C=O) groups excluding carboxylic acids is 1. The maximum Gasteiger partial charge on any atom is 0.273 e. The van der Waals surface area contributed by atoms with E-state index in [4.69, 9.17) is 0 Å². The number of carbonyl (C=O) groups is 1. The third kappa shape index (κ3) is 3.47. The molecule has 0 radical (unpaired) electrons. The molecule has 3 aliphatic rings. The molecule has 0 saturated heterocycles. The van der Waals surface area contributed by atoms with E-state index in [1.165, 1.54) is 77.0 Å². The lowest BCUT2D eigenvalue weighted by atomic mass is 9.88. The molecule has 24 heavy (non-hydrogen) atoms. The van der Waals surface area contributed by atoms with Crippen LogP contribution in [0.25, 0.3) is 0 Å². The van der Waals surface area contributed by atoms with Crippen molar-refractivity contribution in [1.82, 2.24) is 14.9 Å². The van der Waals surface area contributed by atoms with Crippen molar-refractivity contribution in [3.05, 3.63) is 23.8 Å². The highest BCUT2D eigenvalue weighted by Gasteiger charge is 2.34. The average Bonchev–Trinajstić information content (AvgIpc) is 3.49. The summed E-state index contributed by atoms with van der Waals surface area (Å²) in [5.74, 6) is 1.54. The molecule has 1 amide bonds. The van der Waals surface area contributed by atoms with Gasteiger partial charge in [0.15, 0.2) is 0 Å². The van der Waals surface area contributed by atoms with Gasteiger partial charge < -0.3 is 4.90 Å². The molecule has 3 fully saturated rings. The fourth-order valence-electron chi connectivity index (χ4n) is 4.51. The number of nitrogens with zero attached hydrogens (tertiary/aromatic N) is 3. The van der Waals surface area contributed by atoms with Crippen molar-refractivity contribution in [3.8, 4) is 0 Å². The van der Waals surface area contributed by atoms with Gasteiger partial charge in [-0.3, -0.25) is 4.79 Å². The van der Waals surface area contributed by atoms with Gasteiger partial charge in [0.1, 0.15) is 11.5 Å². The summed E-state index contributed by atoms with van der Waals surface area (Å²) in [7, 11) is 0. The van der Waals surface area contributed by atoms with Gasteiger partial charge in [0.2, 0.25) is 0 Å². The van der Waals surface area contributed by atoms with Gasteiger partial charge in [-0.15, -0.1) is 0 Å². The van der Waals surface area contributed by atoms with E-state index in [1.807, 2.05) is 6.07 Å². The second-order valence-corrected chi connectivity index (χ2v) is 7.87. The molecule has 130 valence electrons. The van der Waals surface area contributed by atoms with Crippen LogP contribution in [0.2, 0.25) is 0 Å². The molecule has 0 atom stereocenters. The molecule has 0 aliphatic heterocycles. The molecule has 0 spiro atoms. The van der Waals surface area contributed by atoms with Crippen LogP contribution in [0.5, 0.6) is 0 Å². The molecule has 3 aliphatic carbocycles. The summed E-state index contributed by atoms with van der Waals surface area (Å²) in [6, 6.07) is 2.68. The van der Waals surface area contributed by atoms with Crippen LogP contribution in [0, 0.1) is 0 Å². The second kappa shape index (κ2) is 7.20. The maximum atomic E-state index is 13.4. The molecular formula is C20H29N3O. The normalized spacial score (nSPS) is 23.2. The second-order valence-electron chi connectivity index (χ2n) is 7.87. The van der Waals surface area contributed by atoms with Crippen LogP contribution in [-0.4, -0.2) is 32.9 Å². The lowest BCUT2D eigenvalue weighted by Gasteiger charge is -2.41. The minimum atomic E-state index is 0.165. The standard InChI is InChI=1S/C20H29N3O/c24-20(18-13-14-21-19(22-18)15-11-12-15)23(16-7-3-1-4-8-16)17-9-5-2-6-10-17/h13-17H,1-12H2. The molecule has 4 nitrogen and oxygen atoms in total. The van der Waals surface area contributed by atoms with Gasteiger partial charge in [-0.1, -0.05) is 38.5 Å². The predicted molar refractivity (Wildman–Crippen MR) is 93.9 cm³/mol. The Morgan fingerprint density at radius 1 is 0.875 bits per heavy atom. The molecule has 1 aromatic heterocycles. The van der Waals surface area contributed by atoms with Gasteiger partial charge in [-0.05, 0) is 44.6 Å². The van der Waals surface area contributed by atoms with Crippen LogP contribution in [0.4, 0.5) is 0 Å². The fourth-order valence-corrected chi connectivity index (χ4v) is 4.51. The summed E-state index contributed by atoms with van der Waals surface area (Å²) >= 11 is 0. The largest absolute Gasteiger partial charge is 0.331 e. The van der Waals surface area contributed by atoms with Crippen LogP contribution >= 0.6 is 0 Å². The molecule has 4 heteroatoms. The highest BCUT2D eigenvalue weighted by Crippen LogP contribution is 2.38. The third-order valence-corrected chi connectivity index (χ3v) is 6.01. The SMILES string of the molecule is O=C(c1ccnc(C2CC2)n1)N(C1CCCCC1)C1CCCCC1. The monoisotopic (exact) mass is 327 g/mol. The maximum absolute atomic E-state index is 13.4. The lowest BCUT2D eigenvalue weighted by molar-refractivity contribution is 0.0442. The molecule has 0 unspecified atom stereocenters. The smallest absolute Gasteiger partial charge is 0.273 e. The summed E-state index contributed by atoms with van der Waals surface area (Å²) in [5, 5.41) is 0. The van der Waals surface area contributed by atoms with Gasteiger partial charge >= 0.3 is 0 Å². The Morgan fingerprint density at radius 2 is 1.46 bits per heavy atom. The minimum absolute atomic E-state index is 0.165. The highest BCUT2D eigenvalue weighted by atomic mass is 16.2. The molecule has 1 heterocycles. The fraction of sp³-hybridized carbons (Fsp3) is 0.750. The van der Waals surface area contributed by atoms with Crippen LogP contribution < -0.4 is 0 Å². The van der Waals surface area contributed by atoms with E-state index in [-0.39, 0.29) is 5.91 Å². The summed E-state index contributed by atoms with van der Waals surface area (Å²) in [4.78, 5) is 24.7. The van der Waals surface area contributed by atoms with Crippen molar-refractivity contribution < 1.29 is 4.79 Å². The first kappa shape index (κ1) is 16.0. The molecule has 0 N–H and O–H groups in total. The van der Waals surface area contributed by atoms with Gasteiger partial charge in [0, 0.05) is 24.2 Å². The van der Waals surface area contributed by atoms with Gasteiger partial charge in [-0.25, -0.2) is 9.97 Å². The number of rotatable bonds is 4. The zero-order chi connectivity index (χ0) is 16.4. The first-order valence-electron chi connectivity index (χ1n) is 9.98. The molecule has 4 rings (SSSR count). The Hall–Kier alpha value is -1.45. The van der Waals surface area contributed by atoms with E-state index >= 15 is 0 Å². The molecule has 0 bridgehead atoms. The van der Waals surface area contributed by atoms with Crippen molar-refractivity contribution in [1.29, 1.82) is 0 Å². The minimum Gasteiger partial charge on any atom is -0.331 e. The summed E-state index contributed by atoms with van der Waals surface area (Å²) in [6.45, 7) is 0. The van der Waals surface area contributed by atoms with E-state index in [0.29, 0.717) is 23.7 Å². The summed E-state index contributed by atoms with van der Waals surface area (Å²) < 4.78 is 0. The van der Waals surface area contributed by atoms with Crippen molar-refractivity contribution in [2.24, 2.45) is 0 Å². The number of amides is 1. The highest BCUT2D eigenvalue weighted by molar-refractivity contribution is 5.92. The van der Waals surface area contributed by atoms with E-state index in [1.54, 1.807) is 6.20 Å². The Labute approximate surface area is 145 Å². The Morgan fingerprint density at radius 3 is 2.00 bits per heavy atom. The van der Waals surface area contributed by atoms with Crippen LogP contribution in [0.15, 0.2) is 12.3 Å². The molecular weight excluding hydrogens is 298 g/mol. The zero-order valence-electron chi connectivity index (χ0n) is 14.6. The van der Waals surface area contributed by atoms with Crippen molar-refractivity contribution in [2.75, 3.05) is 0 Å². The Kier molecular flexibility index (Phi) is 4.81. The van der Waals surface area contributed by atoms with Crippen LogP contribution in [0.3, 0.4) is 0 Å². The number of hydrogen-bond donors (Lipinski definition) is 0. The molecule has 0 aromatic carbocycles. The van der Waals surface area contributed by atoms with Crippen LogP contribution in [-0.2, 0) is 0 Å². The zero-order valence-corrected chi connectivity index (χ0v) is 14.6. The van der Waals surface area contributed by atoms with Crippen LogP contribution in [0.1, 0.15) is 99.3 Å². The van der Waals surface area contributed by atoms with Crippen molar-refractivity contribution in [3.63, 3.8) is 0 Å². The molecule has 1 aromatic rings. The predicted octanol–water partition coefficient (Wildman–Crippen LogP) is 4.46. The first-order valence-corrected chi connectivity index (χ1v) is 9.98. The van der Waals surface area contributed by atoms with Gasteiger partial charge in [-0.2, -0.15) is 0 Å². The van der Waals surface area contributed by atoms with Crippen molar-refractivity contribution >= 4 is 5.91 Å². The van der Waals surface area contributed by atoms with Crippen molar-refractivity contribution in [2.45, 2.75) is 95.1 Å². The lowest BCUT2D eigenvalue weighted by Crippen LogP contribution is -2.49.